The van der Waals surface area contributed by atoms with Gasteiger partial charge >= 0.3 is 0 Å². The maximum Gasteiger partial charge on any atom is 0.143 e. The Morgan fingerprint density at radius 1 is 0.909 bits per heavy atom. The van der Waals surface area contributed by atoms with E-state index in [2.05, 4.69) is 52.7 Å². The van der Waals surface area contributed by atoms with Gasteiger partial charge in [-0.3, -0.25) is 0 Å². The highest BCUT2D eigenvalue weighted by Gasteiger charge is 2.15. The summed E-state index contributed by atoms with van der Waals surface area (Å²) in [6.45, 7) is 4.75. The zero-order chi connectivity index (χ0) is 22.8. The van der Waals surface area contributed by atoms with Crippen molar-refractivity contribution >= 4 is 44.7 Å². The van der Waals surface area contributed by atoms with E-state index in [0.29, 0.717) is 6.61 Å². The number of aryl methyl sites for hydroxylation is 2. The number of halogens is 1. The van der Waals surface area contributed by atoms with Crippen LogP contribution in [0.1, 0.15) is 16.7 Å². The number of benzene rings is 3. The smallest absolute Gasteiger partial charge is 0.143 e. The van der Waals surface area contributed by atoms with Crippen molar-refractivity contribution in [1.29, 1.82) is 0 Å². The third-order valence-electron chi connectivity index (χ3n) is 5.48. The van der Waals surface area contributed by atoms with E-state index in [0.717, 1.165) is 43.6 Å². The topological polar surface area (TPSA) is 47.0 Å². The van der Waals surface area contributed by atoms with E-state index in [9.17, 15) is 0 Å². The minimum atomic E-state index is 0.491. The molecule has 0 saturated heterocycles. The second-order valence-electron chi connectivity index (χ2n) is 7.93. The number of thiophene rings is 1. The molecule has 2 heterocycles. The minimum Gasteiger partial charge on any atom is -0.489 e. The molecule has 0 spiro atoms. The lowest BCUT2D eigenvalue weighted by molar-refractivity contribution is 0.306. The van der Waals surface area contributed by atoms with Crippen LogP contribution in [-0.4, -0.2) is 9.97 Å². The van der Waals surface area contributed by atoms with Gasteiger partial charge in [0.1, 0.15) is 29.3 Å². The van der Waals surface area contributed by atoms with Gasteiger partial charge in [0.15, 0.2) is 0 Å². The predicted molar refractivity (Wildman–Crippen MR) is 138 cm³/mol. The SMILES string of the molecule is Cc1ccc(-c2csc3ncnc(Nc4ccc(OCc5ccc(Cl)cc5)cc4)c23)c(C)c1. The lowest BCUT2D eigenvalue weighted by atomic mass is 9.99. The van der Waals surface area contributed by atoms with Gasteiger partial charge in [0, 0.05) is 21.7 Å². The molecule has 6 heteroatoms. The number of nitrogens with zero attached hydrogens (tertiary/aromatic N) is 2. The molecule has 0 fully saturated rings. The Morgan fingerprint density at radius 3 is 2.45 bits per heavy atom. The fraction of sp³-hybridized carbons (Fsp3) is 0.111. The Hall–Kier alpha value is -3.41. The molecule has 1 N–H and O–H groups in total. The summed E-state index contributed by atoms with van der Waals surface area (Å²) in [4.78, 5) is 10.0. The number of hydrogen-bond donors (Lipinski definition) is 1. The van der Waals surface area contributed by atoms with Crippen molar-refractivity contribution < 1.29 is 4.74 Å². The number of aromatic nitrogens is 2. The first-order chi connectivity index (χ1) is 16.1. The van der Waals surface area contributed by atoms with Crippen molar-refractivity contribution in [3.8, 4) is 16.9 Å². The van der Waals surface area contributed by atoms with Crippen molar-refractivity contribution in [2.45, 2.75) is 20.5 Å². The molecule has 5 rings (SSSR count). The van der Waals surface area contributed by atoms with E-state index in [-0.39, 0.29) is 0 Å². The minimum absolute atomic E-state index is 0.491. The van der Waals surface area contributed by atoms with E-state index in [1.54, 1.807) is 17.7 Å². The summed E-state index contributed by atoms with van der Waals surface area (Å²) in [6.07, 6.45) is 1.61. The number of nitrogens with one attached hydrogen (secondary N) is 1. The maximum atomic E-state index is 5.94. The van der Waals surface area contributed by atoms with E-state index >= 15 is 0 Å². The Bertz CT molecular complexity index is 1410. The van der Waals surface area contributed by atoms with Gasteiger partial charge in [0.05, 0.1) is 5.39 Å². The molecular formula is C27H22ClN3OS. The molecule has 0 amide bonds. The first-order valence-corrected chi connectivity index (χ1v) is 11.9. The van der Waals surface area contributed by atoms with Gasteiger partial charge in [-0.25, -0.2) is 9.97 Å². The molecule has 3 aromatic carbocycles. The average molecular weight is 472 g/mol. The van der Waals surface area contributed by atoms with Crippen molar-refractivity contribution in [2.24, 2.45) is 0 Å². The van der Waals surface area contributed by atoms with E-state index in [1.165, 1.54) is 16.7 Å². The van der Waals surface area contributed by atoms with Crippen LogP contribution < -0.4 is 10.1 Å². The summed E-state index contributed by atoms with van der Waals surface area (Å²) < 4.78 is 5.90. The predicted octanol–water partition coefficient (Wildman–Crippen LogP) is 7.95. The first kappa shape index (κ1) is 21.4. The van der Waals surface area contributed by atoms with E-state index in [1.807, 2.05) is 48.5 Å². The van der Waals surface area contributed by atoms with Crippen LogP contribution in [0.15, 0.2) is 78.4 Å². The normalized spacial score (nSPS) is 11.0. The van der Waals surface area contributed by atoms with Crippen LogP contribution >= 0.6 is 22.9 Å². The number of fused-ring (bicyclic) bond motifs is 1. The highest BCUT2D eigenvalue weighted by Crippen LogP contribution is 2.39. The number of hydrogen-bond acceptors (Lipinski definition) is 5. The quantitative estimate of drug-likeness (QED) is 0.273. The Labute approximate surface area is 201 Å². The van der Waals surface area contributed by atoms with Crippen LogP contribution in [-0.2, 0) is 6.61 Å². The monoisotopic (exact) mass is 471 g/mol. The number of ether oxygens (including phenoxy) is 1. The second kappa shape index (κ2) is 9.22. The molecule has 0 unspecified atom stereocenters. The van der Waals surface area contributed by atoms with Gasteiger partial charge in [0.25, 0.3) is 0 Å². The highest BCUT2D eigenvalue weighted by atomic mass is 35.5. The van der Waals surface area contributed by atoms with Crippen LogP contribution in [0, 0.1) is 13.8 Å². The van der Waals surface area contributed by atoms with Gasteiger partial charge in [0.2, 0.25) is 0 Å². The summed E-state index contributed by atoms with van der Waals surface area (Å²) in [5.74, 6) is 1.60. The lowest BCUT2D eigenvalue weighted by Gasteiger charge is -2.11. The Balaban J connectivity index is 1.38. The molecule has 164 valence electrons. The van der Waals surface area contributed by atoms with Crippen LogP contribution in [0.25, 0.3) is 21.3 Å². The summed E-state index contributed by atoms with van der Waals surface area (Å²) in [5.41, 5.74) is 6.86. The lowest BCUT2D eigenvalue weighted by Crippen LogP contribution is -1.97. The molecule has 0 bridgehead atoms. The van der Waals surface area contributed by atoms with Gasteiger partial charge < -0.3 is 10.1 Å². The van der Waals surface area contributed by atoms with Gasteiger partial charge in [-0.1, -0.05) is 47.5 Å². The van der Waals surface area contributed by atoms with Crippen LogP contribution in [0.3, 0.4) is 0 Å². The fourth-order valence-electron chi connectivity index (χ4n) is 3.80. The van der Waals surface area contributed by atoms with Crippen molar-refractivity contribution in [3.05, 3.63) is 100 Å². The molecule has 4 nitrogen and oxygen atoms in total. The van der Waals surface area contributed by atoms with Gasteiger partial charge in [-0.05, 0) is 66.9 Å². The molecule has 0 aliphatic carbocycles. The Kier molecular flexibility index (Phi) is 5.99. The van der Waals surface area contributed by atoms with Crippen molar-refractivity contribution in [2.75, 3.05) is 5.32 Å². The summed E-state index contributed by atoms with van der Waals surface area (Å²) >= 11 is 7.58. The third kappa shape index (κ3) is 4.70. The molecule has 5 aromatic rings. The second-order valence-corrected chi connectivity index (χ2v) is 9.23. The van der Waals surface area contributed by atoms with Gasteiger partial charge in [-0.2, -0.15) is 0 Å². The van der Waals surface area contributed by atoms with Gasteiger partial charge in [-0.15, -0.1) is 11.3 Å². The standard InChI is InChI=1S/C27H22ClN3OS/c1-17-3-12-23(18(2)13-17)24-15-33-27-25(24)26(29-16-30-27)31-21-8-10-22(11-9-21)32-14-19-4-6-20(28)7-5-19/h3-13,15-16H,14H2,1-2H3,(H,29,30,31). The zero-order valence-corrected chi connectivity index (χ0v) is 19.9. The van der Waals surface area contributed by atoms with Crippen LogP contribution in [0.4, 0.5) is 11.5 Å². The Morgan fingerprint density at radius 2 is 1.70 bits per heavy atom. The zero-order valence-electron chi connectivity index (χ0n) is 18.3. The van der Waals surface area contributed by atoms with E-state index < -0.39 is 0 Å². The first-order valence-electron chi connectivity index (χ1n) is 10.6. The summed E-state index contributed by atoms with van der Waals surface area (Å²) in [7, 11) is 0. The molecule has 0 aliphatic rings. The van der Waals surface area contributed by atoms with Crippen molar-refractivity contribution in [1.82, 2.24) is 9.97 Å². The molecule has 0 atom stereocenters. The maximum absolute atomic E-state index is 5.94. The van der Waals surface area contributed by atoms with Crippen molar-refractivity contribution in [3.63, 3.8) is 0 Å². The number of rotatable bonds is 6. The molecule has 0 radical (unpaired) electrons. The third-order valence-corrected chi connectivity index (χ3v) is 6.62. The van der Waals surface area contributed by atoms with Crippen LogP contribution in [0.5, 0.6) is 5.75 Å². The highest BCUT2D eigenvalue weighted by molar-refractivity contribution is 7.17. The largest absolute Gasteiger partial charge is 0.489 e. The molecular weight excluding hydrogens is 450 g/mol. The summed E-state index contributed by atoms with van der Waals surface area (Å²) in [5, 5.41) is 7.39. The summed E-state index contributed by atoms with van der Waals surface area (Å²) in [6, 6.07) is 22.1. The molecule has 0 aliphatic heterocycles. The molecule has 0 saturated carbocycles. The number of anilines is 2. The van der Waals surface area contributed by atoms with Crippen LogP contribution in [0.2, 0.25) is 5.02 Å². The molecule has 2 aromatic heterocycles. The molecule has 33 heavy (non-hydrogen) atoms. The fourth-order valence-corrected chi connectivity index (χ4v) is 4.84. The average Bonchev–Trinajstić information content (AvgIpc) is 3.25. The van der Waals surface area contributed by atoms with E-state index in [4.69, 9.17) is 16.3 Å².